The fourth-order valence-corrected chi connectivity index (χ4v) is 3.48. The van der Waals surface area contributed by atoms with E-state index in [1.807, 2.05) is 30.3 Å². The highest BCUT2D eigenvalue weighted by Gasteiger charge is 2.31. The average molecular weight is 379 g/mol. The Balaban J connectivity index is 1.81. The zero-order valence-corrected chi connectivity index (χ0v) is 16.2. The van der Waals surface area contributed by atoms with Crippen LogP contribution in [0, 0.1) is 0 Å². The smallest absolute Gasteiger partial charge is 0.246 e. The molecule has 3 rings (SSSR count). The topological polar surface area (TPSA) is 69.7 Å². The van der Waals surface area contributed by atoms with E-state index in [2.05, 4.69) is 10.2 Å². The fourth-order valence-electron chi connectivity index (χ4n) is 3.48. The number of nitrogens with one attached hydrogen (secondary N) is 1. The number of hydrogen-bond acceptors (Lipinski definition) is 4. The van der Waals surface area contributed by atoms with E-state index in [9.17, 15) is 14.4 Å². The van der Waals surface area contributed by atoms with Crippen LogP contribution in [0.1, 0.15) is 35.8 Å². The van der Waals surface area contributed by atoms with Gasteiger partial charge in [0.2, 0.25) is 11.8 Å². The summed E-state index contributed by atoms with van der Waals surface area (Å²) in [7, 11) is 0. The van der Waals surface area contributed by atoms with Gasteiger partial charge in [-0.1, -0.05) is 42.5 Å². The molecule has 1 heterocycles. The Morgan fingerprint density at radius 2 is 1.57 bits per heavy atom. The van der Waals surface area contributed by atoms with Crippen LogP contribution in [0.5, 0.6) is 0 Å². The molecule has 0 aromatic heterocycles. The Bertz CT molecular complexity index is 858. The number of benzene rings is 2. The van der Waals surface area contributed by atoms with Crippen LogP contribution in [0.25, 0.3) is 0 Å². The molecule has 2 aromatic rings. The van der Waals surface area contributed by atoms with E-state index in [-0.39, 0.29) is 17.6 Å². The van der Waals surface area contributed by atoms with Gasteiger partial charge in [0.25, 0.3) is 0 Å². The van der Waals surface area contributed by atoms with Gasteiger partial charge >= 0.3 is 0 Å². The normalized spacial score (nSPS) is 15.7. The first-order chi connectivity index (χ1) is 13.5. The maximum Gasteiger partial charge on any atom is 0.246 e. The third kappa shape index (κ3) is 4.64. The van der Waals surface area contributed by atoms with Crippen molar-refractivity contribution < 1.29 is 14.4 Å². The Kier molecular flexibility index (Phi) is 6.21. The zero-order chi connectivity index (χ0) is 20.1. The molecule has 1 N–H and O–H groups in total. The van der Waals surface area contributed by atoms with Crippen molar-refractivity contribution in [1.29, 1.82) is 0 Å². The maximum absolute atomic E-state index is 13.2. The molecule has 0 bridgehead atoms. The van der Waals surface area contributed by atoms with Crippen molar-refractivity contribution in [3.63, 3.8) is 0 Å². The van der Waals surface area contributed by atoms with Crippen molar-refractivity contribution in [3.05, 3.63) is 65.7 Å². The SMILES string of the molecule is CC(=O)c1cccc(NC(=O)C(c2ccccc2)N2CCN(C(C)=O)CC2)c1. The highest BCUT2D eigenvalue weighted by molar-refractivity contribution is 5.98. The highest BCUT2D eigenvalue weighted by Crippen LogP contribution is 2.24. The molecule has 1 aliphatic rings. The lowest BCUT2D eigenvalue weighted by Crippen LogP contribution is -2.51. The minimum absolute atomic E-state index is 0.0453. The molecule has 0 saturated carbocycles. The Morgan fingerprint density at radius 3 is 2.18 bits per heavy atom. The molecule has 0 aliphatic carbocycles. The molecule has 0 spiro atoms. The molecule has 28 heavy (non-hydrogen) atoms. The van der Waals surface area contributed by atoms with Crippen molar-refractivity contribution in [2.45, 2.75) is 19.9 Å². The second kappa shape index (κ2) is 8.80. The molecule has 6 nitrogen and oxygen atoms in total. The van der Waals surface area contributed by atoms with Gasteiger partial charge in [-0.15, -0.1) is 0 Å². The number of hydrogen-bond donors (Lipinski definition) is 1. The van der Waals surface area contributed by atoms with Crippen molar-refractivity contribution in [3.8, 4) is 0 Å². The van der Waals surface area contributed by atoms with E-state index >= 15 is 0 Å². The predicted octanol–water partition coefficient (Wildman–Crippen LogP) is 2.73. The molecule has 146 valence electrons. The van der Waals surface area contributed by atoms with Crippen molar-refractivity contribution in [2.24, 2.45) is 0 Å². The number of anilines is 1. The van der Waals surface area contributed by atoms with Gasteiger partial charge in [-0.25, -0.2) is 0 Å². The van der Waals surface area contributed by atoms with Gasteiger partial charge in [0.15, 0.2) is 5.78 Å². The molecular formula is C22H25N3O3. The minimum Gasteiger partial charge on any atom is -0.340 e. The molecule has 1 unspecified atom stereocenters. The summed E-state index contributed by atoms with van der Waals surface area (Å²) in [6.07, 6.45) is 0. The summed E-state index contributed by atoms with van der Waals surface area (Å²) in [5.74, 6) is -0.138. The Morgan fingerprint density at radius 1 is 0.893 bits per heavy atom. The average Bonchev–Trinajstić information content (AvgIpc) is 2.69. The lowest BCUT2D eigenvalue weighted by molar-refractivity contribution is -0.131. The van der Waals surface area contributed by atoms with Gasteiger partial charge in [-0.2, -0.15) is 0 Å². The van der Waals surface area contributed by atoms with Crippen LogP contribution in [0.3, 0.4) is 0 Å². The van der Waals surface area contributed by atoms with Crippen LogP contribution in [0.2, 0.25) is 0 Å². The number of carbonyl (C=O) groups is 3. The van der Waals surface area contributed by atoms with Crippen molar-refractivity contribution in [2.75, 3.05) is 31.5 Å². The zero-order valence-electron chi connectivity index (χ0n) is 16.2. The van der Waals surface area contributed by atoms with Gasteiger partial charge in [-0.05, 0) is 24.6 Å². The first-order valence-electron chi connectivity index (χ1n) is 9.42. The van der Waals surface area contributed by atoms with E-state index in [1.165, 1.54) is 6.92 Å². The summed E-state index contributed by atoms with van der Waals surface area (Å²) >= 11 is 0. The molecular weight excluding hydrogens is 354 g/mol. The lowest BCUT2D eigenvalue weighted by atomic mass is 10.0. The molecule has 0 radical (unpaired) electrons. The monoisotopic (exact) mass is 379 g/mol. The van der Waals surface area contributed by atoms with Crippen LogP contribution < -0.4 is 5.32 Å². The molecule has 2 amide bonds. The third-order valence-electron chi connectivity index (χ3n) is 5.03. The number of Topliss-reactive ketones (excluding diaryl/α,β-unsaturated/α-hetero) is 1. The van der Waals surface area contributed by atoms with Gasteiger partial charge in [0, 0.05) is 44.4 Å². The molecule has 2 aromatic carbocycles. The lowest BCUT2D eigenvalue weighted by Gasteiger charge is -2.38. The van der Waals surface area contributed by atoms with Gasteiger partial charge < -0.3 is 10.2 Å². The Labute approximate surface area is 165 Å². The number of ketones is 1. The number of rotatable bonds is 5. The summed E-state index contributed by atoms with van der Waals surface area (Å²) in [5.41, 5.74) is 2.06. The van der Waals surface area contributed by atoms with Gasteiger partial charge in [-0.3, -0.25) is 19.3 Å². The standard InChI is InChI=1S/C22H25N3O3/c1-16(26)19-9-6-10-20(15-19)23-22(28)21(18-7-4-3-5-8-18)25-13-11-24(12-14-25)17(2)27/h3-10,15,21H,11-14H2,1-2H3,(H,23,28). The number of nitrogens with zero attached hydrogens (tertiary/aromatic N) is 2. The third-order valence-corrected chi connectivity index (χ3v) is 5.03. The van der Waals surface area contributed by atoms with Gasteiger partial charge in [0.1, 0.15) is 6.04 Å². The summed E-state index contributed by atoms with van der Waals surface area (Å²) in [6.45, 7) is 5.53. The summed E-state index contributed by atoms with van der Waals surface area (Å²) in [6, 6.07) is 16.1. The highest BCUT2D eigenvalue weighted by atomic mass is 16.2. The minimum atomic E-state index is -0.462. The number of piperazine rings is 1. The molecule has 1 atom stereocenters. The van der Waals surface area contributed by atoms with E-state index in [0.717, 1.165) is 5.56 Å². The predicted molar refractivity (Wildman–Crippen MR) is 108 cm³/mol. The molecule has 1 aliphatic heterocycles. The second-order valence-electron chi connectivity index (χ2n) is 6.98. The molecule has 1 saturated heterocycles. The quantitative estimate of drug-likeness (QED) is 0.811. The van der Waals surface area contributed by atoms with Crippen molar-refractivity contribution >= 4 is 23.3 Å². The van der Waals surface area contributed by atoms with E-state index in [4.69, 9.17) is 0 Å². The second-order valence-corrected chi connectivity index (χ2v) is 6.98. The Hall–Kier alpha value is -2.99. The first-order valence-corrected chi connectivity index (χ1v) is 9.42. The van der Waals surface area contributed by atoms with E-state index in [1.54, 1.807) is 36.1 Å². The number of carbonyl (C=O) groups excluding carboxylic acids is 3. The van der Waals surface area contributed by atoms with Crippen LogP contribution >= 0.6 is 0 Å². The largest absolute Gasteiger partial charge is 0.340 e. The summed E-state index contributed by atoms with van der Waals surface area (Å²) in [4.78, 5) is 40.3. The van der Waals surface area contributed by atoms with Crippen molar-refractivity contribution in [1.82, 2.24) is 9.80 Å². The number of amides is 2. The van der Waals surface area contributed by atoms with Gasteiger partial charge in [0.05, 0.1) is 0 Å². The summed E-state index contributed by atoms with van der Waals surface area (Å²) in [5, 5.41) is 2.95. The van der Waals surface area contributed by atoms with Crippen LogP contribution in [-0.4, -0.2) is 53.6 Å². The molecule has 1 fully saturated rings. The maximum atomic E-state index is 13.2. The molecule has 6 heteroatoms. The fraction of sp³-hybridized carbons (Fsp3) is 0.318. The van der Waals surface area contributed by atoms with E-state index in [0.29, 0.717) is 37.4 Å². The van der Waals surface area contributed by atoms with E-state index < -0.39 is 6.04 Å². The summed E-state index contributed by atoms with van der Waals surface area (Å²) < 4.78 is 0. The van der Waals surface area contributed by atoms with Crippen LogP contribution in [0.15, 0.2) is 54.6 Å². The van der Waals surface area contributed by atoms with Crippen LogP contribution in [-0.2, 0) is 9.59 Å². The van der Waals surface area contributed by atoms with Crippen LogP contribution in [0.4, 0.5) is 5.69 Å². The first kappa shape index (κ1) is 19.8.